The van der Waals surface area contributed by atoms with Crippen LogP contribution in [0.15, 0.2) is 41.9 Å². The Morgan fingerprint density at radius 1 is 1.18 bits per heavy atom. The average molecular weight is 313 g/mol. The van der Waals surface area contributed by atoms with Gasteiger partial charge >= 0.3 is 5.97 Å². The van der Waals surface area contributed by atoms with Crippen molar-refractivity contribution in [2.75, 3.05) is 7.11 Å². The summed E-state index contributed by atoms with van der Waals surface area (Å²) in [5, 5.41) is 2.18. The highest BCUT2D eigenvalue weighted by Crippen LogP contribution is 2.22. The number of nitrogens with zero attached hydrogens (tertiary/aromatic N) is 1. The molecule has 3 aromatic rings. The number of rotatable bonds is 4. The molecule has 4 nitrogen and oxygen atoms in total. The standard InChI is InChI=1S/C17H15NO3S/c1-11-16(22-10-18-11)17(19)21-9-12-3-4-14-8-15(20-2)6-5-13(14)7-12/h3-8,10H,9H2,1-2H3. The molecular formula is C17H15NO3S. The van der Waals surface area contributed by atoms with Crippen molar-refractivity contribution >= 4 is 28.1 Å². The summed E-state index contributed by atoms with van der Waals surface area (Å²) in [5.41, 5.74) is 3.31. The SMILES string of the molecule is COc1ccc2cc(COC(=O)c3scnc3C)ccc2c1. The summed E-state index contributed by atoms with van der Waals surface area (Å²) < 4.78 is 10.6. The zero-order valence-corrected chi connectivity index (χ0v) is 13.1. The van der Waals surface area contributed by atoms with Crippen LogP contribution in [0.5, 0.6) is 5.75 Å². The zero-order chi connectivity index (χ0) is 15.5. The van der Waals surface area contributed by atoms with Gasteiger partial charge in [-0.2, -0.15) is 0 Å². The quantitative estimate of drug-likeness (QED) is 0.684. The molecule has 0 N–H and O–H groups in total. The maximum Gasteiger partial charge on any atom is 0.350 e. The van der Waals surface area contributed by atoms with Gasteiger partial charge in [-0.15, -0.1) is 11.3 Å². The second-order valence-corrected chi connectivity index (χ2v) is 5.75. The Hall–Kier alpha value is -2.40. The molecule has 1 heterocycles. The lowest BCUT2D eigenvalue weighted by Crippen LogP contribution is -2.04. The van der Waals surface area contributed by atoms with Crippen molar-refractivity contribution in [2.24, 2.45) is 0 Å². The highest BCUT2D eigenvalue weighted by atomic mass is 32.1. The van der Waals surface area contributed by atoms with Crippen LogP contribution in [-0.4, -0.2) is 18.1 Å². The molecule has 1 aromatic heterocycles. The molecule has 3 rings (SSSR count). The molecule has 22 heavy (non-hydrogen) atoms. The van der Waals surface area contributed by atoms with E-state index < -0.39 is 0 Å². The molecule has 0 atom stereocenters. The number of hydrogen-bond acceptors (Lipinski definition) is 5. The second-order valence-electron chi connectivity index (χ2n) is 4.89. The zero-order valence-electron chi connectivity index (χ0n) is 12.3. The molecule has 2 aromatic carbocycles. The van der Waals surface area contributed by atoms with Crippen molar-refractivity contribution in [3.63, 3.8) is 0 Å². The third kappa shape index (κ3) is 2.94. The fourth-order valence-corrected chi connectivity index (χ4v) is 2.90. The predicted octanol–water partition coefficient (Wildman–Crippen LogP) is 3.97. The summed E-state index contributed by atoms with van der Waals surface area (Å²) in [4.78, 5) is 16.6. The van der Waals surface area contributed by atoms with Gasteiger partial charge < -0.3 is 9.47 Å². The van der Waals surface area contributed by atoms with E-state index in [0.29, 0.717) is 10.6 Å². The molecule has 0 unspecified atom stereocenters. The molecule has 112 valence electrons. The number of fused-ring (bicyclic) bond motifs is 1. The van der Waals surface area contributed by atoms with Crippen LogP contribution in [-0.2, 0) is 11.3 Å². The maximum atomic E-state index is 12.0. The highest BCUT2D eigenvalue weighted by molar-refractivity contribution is 7.11. The molecule has 0 aliphatic carbocycles. The van der Waals surface area contributed by atoms with E-state index in [-0.39, 0.29) is 12.6 Å². The smallest absolute Gasteiger partial charge is 0.350 e. The number of benzene rings is 2. The Morgan fingerprint density at radius 3 is 2.68 bits per heavy atom. The Bertz CT molecular complexity index is 826. The predicted molar refractivity (Wildman–Crippen MR) is 86.5 cm³/mol. The summed E-state index contributed by atoms with van der Waals surface area (Å²) in [5.74, 6) is 0.502. The summed E-state index contributed by atoms with van der Waals surface area (Å²) in [6.07, 6.45) is 0. The van der Waals surface area contributed by atoms with Gasteiger partial charge in [0.1, 0.15) is 17.2 Å². The van der Waals surface area contributed by atoms with Crippen molar-refractivity contribution in [2.45, 2.75) is 13.5 Å². The molecule has 0 aliphatic heterocycles. The van der Waals surface area contributed by atoms with Gasteiger partial charge in [0.2, 0.25) is 0 Å². The molecule has 0 radical (unpaired) electrons. The van der Waals surface area contributed by atoms with E-state index in [1.165, 1.54) is 11.3 Å². The van der Waals surface area contributed by atoms with Gasteiger partial charge in [-0.25, -0.2) is 9.78 Å². The molecule has 0 saturated carbocycles. The lowest BCUT2D eigenvalue weighted by Gasteiger charge is -2.07. The maximum absolute atomic E-state index is 12.0. The molecule has 0 fully saturated rings. The Kier molecular flexibility index (Phi) is 4.06. The third-order valence-electron chi connectivity index (χ3n) is 3.41. The number of carbonyl (C=O) groups is 1. The second kappa shape index (κ2) is 6.15. The van der Waals surface area contributed by atoms with Gasteiger partial charge in [-0.1, -0.05) is 18.2 Å². The summed E-state index contributed by atoms with van der Waals surface area (Å²) >= 11 is 1.30. The summed E-state index contributed by atoms with van der Waals surface area (Å²) in [6.45, 7) is 2.05. The Balaban J connectivity index is 1.74. The number of methoxy groups -OCH3 is 1. The minimum Gasteiger partial charge on any atom is -0.497 e. The van der Waals surface area contributed by atoms with Crippen LogP contribution in [0.25, 0.3) is 10.8 Å². The van der Waals surface area contributed by atoms with Crippen LogP contribution < -0.4 is 4.74 Å². The lowest BCUT2D eigenvalue weighted by atomic mass is 10.1. The number of aryl methyl sites for hydroxylation is 1. The van der Waals surface area contributed by atoms with Crippen LogP contribution in [0.3, 0.4) is 0 Å². The first-order valence-corrected chi connectivity index (χ1v) is 7.69. The molecule has 0 aliphatic rings. The van der Waals surface area contributed by atoms with Gasteiger partial charge in [0, 0.05) is 0 Å². The van der Waals surface area contributed by atoms with E-state index in [4.69, 9.17) is 9.47 Å². The number of carbonyl (C=O) groups excluding carboxylic acids is 1. The van der Waals surface area contributed by atoms with E-state index in [1.54, 1.807) is 19.5 Å². The first-order valence-electron chi connectivity index (χ1n) is 6.81. The van der Waals surface area contributed by atoms with Crippen LogP contribution in [0, 0.1) is 6.92 Å². The molecule has 0 amide bonds. The third-order valence-corrected chi connectivity index (χ3v) is 4.32. The number of hydrogen-bond donors (Lipinski definition) is 0. The topological polar surface area (TPSA) is 48.4 Å². The van der Waals surface area contributed by atoms with Gasteiger partial charge in [-0.3, -0.25) is 0 Å². The van der Waals surface area contributed by atoms with Crippen molar-refractivity contribution in [3.05, 3.63) is 58.0 Å². The van der Waals surface area contributed by atoms with E-state index in [2.05, 4.69) is 4.98 Å². The van der Waals surface area contributed by atoms with Gasteiger partial charge in [0.15, 0.2) is 0 Å². The minimum atomic E-state index is -0.324. The molecule has 5 heteroatoms. The fourth-order valence-electron chi connectivity index (χ4n) is 2.20. The monoisotopic (exact) mass is 313 g/mol. The fraction of sp³-hybridized carbons (Fsp3) is 0.176. The molecule has 0 saturated heterocycles. The normalized spacial score (nSPS) is 10.6. The Labute approximate surface area is 132 Å². The molecule has 0 bridgehead atoms. The van der Waals surface area contributed by atoms with Gasteiger partial charge in [-0.05, 0) is 41.5 Å². The largest absolute Gasteiger partial charge is 0.497 e. The number of thiazole rings is 1. The highest BCUT2D eigenvalue weighted by Gasteiger charge is 2.13. The molecule has 0 spiro atoms. The van der Waals surface area contributed by atoms with Crippen LogP contribution in [0.1, 0.15) is 20.9 Å². The van der Waals surface area contributed by atoms with E-state index in [1.807, 2.05) is 36.4 Å². The van der Waals surface area contributed by atoms with E-state index in [0.717, 1.165) is 22.1 Å². The van der Waals surface area contributed by atoms with Crippen LogP contribution in [0.4, 0.5) is 0 Å². The number of esters is 1. The van der Waals surface area contributed by atoms with Gasteiger partial charge in [0.25, 0.3) is 0 Å². The number of ether oxygens (including phenoxy) is 2. The Morgan fingerprint density at radius 2 is 1.95 bits per heavy atom. The first kappa shape index (κ1) is 14.5. The summed E-state index contributed by atoms with van der Waals surface area (Å²) in [6, 6.07) is 11.9. The van der Waals surface area contributed by atoms with Crippen molar-refractivity contribution in [3.8, 4) is 5.75 Å². The van der Waals surface area contributed by atoms with E-state index >= 15 is 0 Å². The summed E-state index contributed by atoms with van der Waals surface area (Å²) in [7, 11) is 1.65. The lowest BCUT2D eigenvalue weighted by molar-refractivity contribution is 0.0477. The van der Waals surface area contributed by atoms with Crippen LogP contribution in [0.2, 0.25) is 0 Å². The molecular weight excluding hydrogens is 298 g/mol. The average Bonchev–Trinajstić information content (AvgIpc) is 2.98. The first-order chi connectivity index (χ1) is 10.7. The van der Waals surface area contributed by atoms with Crippen molar-refractivity contribution in [1.82, 2.24) is 4.98 Å². The van der Waals surface area contributed by atoms with Crippen LogP contribution >= 0.6 is 11.3 Å². The van der Waals surface area contributed by atoms with E-state index in [9.17, 15) is 4.79 Å². The van der Waals surface area contributed by atoms with Crippen molar-refractivity contribution < 1.29 is 14.3 Å². The minimum absolute atomic E-state index is 0.248. The van der Waals surface area contributed by atoms with Gasteiger partial charge in [0.05, 0.1) is 18.3 Å². The van der Waals surface area contributed by atoms with Crippen molar-refractivity contribution in [1.29, 1.82) is 0 Å². The number of aromatic nitrogens is 1.